The van der Waals surface area contributed by atoms with Crippen molar-refractivity contribution < 1.29 is 19.3 Å². The average Bonchev–Trinajstić information content (AvgIpc) is 2.39. The Labute approximate surface area is 59.7 Å². The van der Waals surface area contributed by atoms with Gasteiger partial charge in [0.1, 0.15) is 0 Å². The molecule has 0 aromatic carbocycles. The molecule has 60 valence electrons. The van der Waals surface area contributed by atoms with Crippen LogP contribution in [0.5, 0.6) is 0 Å². The maximum atomic E-state index is 8.58. The van der Waals surface area contributed by atoms with E-state index in [0.717, 1.165) is 0 Å². The summed E-state index contributed by atoms with van der Waals surface area (Å²) < 4.78 is 15.2. The van der Waals surface area contributed by atoms with E-state index in [1.807, 2.05) is 0 Å². The molecule has 1 aliphatic heterocycles. The van der Waals surface area contributed by atoms with E-state index in [-0.39, 0.29) is 6.61 Å². The fourth-order valence-electron chi connectivity index (χ4n) is 0.937. The van der Waals surface area contributed by atoms with Gasteiger partial charge in [-0.1, -0.05) is 0 Å². The van der Waals surface area contributed by atoms with E-state index in [1.165, 1.54) is 7.11 Å². The van der Waals surface area contributed by atoms with Gasteiger partial charge in [0.2, 0.25) is 0 Å². The summed E-state index contributed by atoms with van der Waals surface area (Å²) in [6.07, 6.45) is 0.365. The number of rotatable bonds is 3. The van der Waals surface area contributed by atoms with Crippen LogP contribution in [0.25, 0.3) is 0 Å². The van der Waals surface area contributed by atoms with Gasteiger partial charge in [0.05, 0.1) is 26.2 Å². The minimum atomic E-state index is -0.964. The lowest BCUT2D eigenvalue weighted by Crippen LogP contribution is -2.33. The second kappa shape index (κ2) is 3.30. The molecule has 0 aromatic rings. The highest BCUT2D eigenvalue weighted by atomic mass is 16.9. The first-order chi connectivity index (χ1) is 4.83. The maximum absolute atomic E-state index is 8.58. The van der Waals surface area contributed by atoms with Gasteiger partial charge in [-0.3, -0.25) is 0 Å². The van der Waals surface area contributed by atoms with Gasteiger partial charge in [0.25, 0.3) is 5.97 Å². The van der Waals surface area contributed by atoms with Crippen LogP contribution in [-0.4, -0.2) is 38.0 Å². The second-order valence-corrected chi connectivity index (χ2v) is 2.06. The first-order valence-corrected chi connectivity index (χ1v) is 3.27. The van der Waals surface area contributed by atoms with Crippen LogP contribution in [0.2, 0.25) is 0 Å². The minimum Gasteiger partial charge on any atom is -0.396 e. The topological polar surface area (TPSA) is 47.9 Å². The molecule has 4 heteroatoms. The van der Waals surface area contributed by atoms with Crippen LogP contribution in [0.4, 0.5) is 0 Å². The SMILES string of the molecule is COC1(CCO)OCCO1. The van der Waals surface area contributed by atoms with Gasteiger partial charge in [-0.2, -0.15) is 0 Å². The van der Waals surface area contributed by atoms with Crippen molar-refractivity contribution in [3.63, 3.8) is 0 Å². The Kier molecular flexibility index (Phi) is 2.62. The summed E-state index contributed by atoms with van der Waals surface area (Å²) in [6, 6.07) is 0. The van der Waals surface area contributed by atoms with Gasteiger partial charge in [-0.15, -0.1) is 0 Å². The van der Waals surface area contributed by atoms with Crippen LogP contribution in [-0.2, 0) is 14.2 Å². The highest BCUT2D eigenvalue weighted by molar-refractivity contribution is 4.61. The molecule has 0 unspecified atom stereocenters. The van der Waals surface area contributed by atoms with E-state index in [1.54, 1.807) is 0 Å². The van der Waals surface area contributed by atoms with E-state index in [0.29, 0.717) is 19.6 Å². The zero-order chi connectivity index (χ0) is 7.45. The third-order valence-corrected chi connectivity index (χ3v) is 1.46. The maximum Gasteiger partial charge on any atom is 0.285 e. The summed E-state index contributed by atoms with van der Waals surface area (Å²) >= 11 is 0. The Morgan fingerprint density at radius 2 is 2.10 bits per heavy atom. The van der Waals surface area contributed by atoms with Crippen molar-refractivity contribution in [2.75, 3.05) is 26.9 Å². The first-order valence-electron chi connectivity index (χ1n) is 3.27. The van der Waals surface area contributed by atoms with Crippen LogP contribution in [0.3, 0.4) is 0 Å². The highest BCUT2D eigenvalue weighted by Crippen LogP contribution is 2.23. The molecule has 1 fully saturated rings. The Morgan fingerprint density at radius 3 is 2.50 bits per heavy atom. The molecule has 0 bridgehead atoms. The molecule has 0 aliphatic carbocycles. The third kappa shape index (κ3) is 1.46. The number of aliphatic hydroxyl groups excluding tert-OH is 1. The molecular weight excluding hydrogens is 136 g/mol. The summed E-state index contributed by atoms with van der Waals surface area (Å²) in [4.78, 5) is 0. The van der Waals surface area contributed by atoms with Crippen LogP contribution < -0.4 is 0 Å². The standard InChI is InChI=1S/C6H12O4/c1-8-6(2-3-7)9-4-5-10-6/h7H,2-5H2,1H3. The summed E-state index contributed by atoms with van der Waals surface area (Å²) in [5, 5.41) is 8.58. The van der Waals surface area contributed by atoms with Gasteiger partial charge in [0.15, 0.2) is 0 Å². The van der Waals surface area contributed by atoms with Gasteiger partial charge in [0, 0.05) is 7.11 Å². The van der Waals surface area contributed by atoms with E-state index in [2.05, 4.69) is 0 Å². The number of methoxy groups -OCH3 is 1. The van der Waals surface area contributed by atoms with Gasteiger partial charge in [-0.05, 0) is 0 Å². The lowest BCUT2D eigenvalue weighted by atomic mass is 10.4. The van der Waals surface area contributed by atoms with Crippen LogP contribution in [0.15, 0.2) is 0 Å². The van der Waals surface area contributed by atoms with Crippen molar-refractivity contribution in [2.45, 2.75) is 12.4 Å². The summed E-state index contributed by atoms with van der Waals surface area (Å²) in [7, 11) is 1.50. The van der Waals surface area contributed by atoms with Crippen LogP contribution in [0, 0.1) is 0 Å². The number of aliphatic hydroxyl groups is 1. The molecule has 4 nitrogen and oxygen atoms in total. The smallest absolute Gasteiger partial charge is 0.285 e. The molecule has 0 spiro atoms. The number of hydrogen-bond acceptors (Lipinski definition) is 4. The lowest BCUT2D eigenvalue weighted by molar-refractivity contribution is -0.325. The van der Waals surface area contributed by atoms with E-state index >= 15 is 0 Å². The van der Waals surface area contributed by atoms with Gasteiger partial charge >= 0.3 is 0 Å². The van der Waals surface area contributed by atoms with Crippen molar-refractivity contribution in [1.82, 2.24) is 0 Å². The number of ether oxygens (including phenoxy) is 3. The zero-order valence-electron chi connectivity index (χ0n) is 6.00. The van der Waals surface area contributed by atoms with Gasteiger partial charge in [-0.25, -0.2) is 0 Å². The normalized spacial score (nSPS) is 23.4. The van der Waals surface area contributed by atoms with E-state index in [9.17, 15) is 0 Å². The Bertz CT molecular complexity index is 97.9. The predicted molar refractivity (Wildman–Crippen MR) is 33.3 cm³/mol. The van der Waals surface area contributed by atoms with E-state index in [4.69, 9.17) is 19.3 Å². The van der Waals surface area contributed by atoms with E-state index < -0.39 is 5.97 Å². The summed E-state index contributed by atoms with van der Waals surface area (Å²) in [5.41, 5.74) is 0. The van der Waals surface area contributed by atoms with Crippen molar-refractivity contribution in [2.24, 2.45) is 0 Å². The molecule has 1 rings (SSSR count). The lowest BCUT2D eigenvalue weighted by Gasteiger charge is -2.23. The predicted octanol–water partition coefficient (Wildman–Crippen LogP) is -0.284. The second-order valence-electron chi connectivity index (χ2n) is 2.06. The molecule has 0 radical (unpaired) electrons. The Hall–Kier alpha value is -0.160. The molecule has 0 aromatic heterocycles. The third-order valence-electron chi connectivity index (χ3n) is 1.46. The molecular formula is C6H12O4. The molecule has 1 aliphatic rings. The van der Waals surface area contributed by atoms with Gasteiger partial charge < -0.3 is 19.3 Å². The summed E-state index contributed by atoms with van der Waals surface area (Å²) in [6.45, 7) is 1.08. The molecule has 10 heavy (non-hydrogen) atoms. The molecule has 1 saturated heterocycles. The minimum absolute atomic E-state index is 0.00778. The molecule has 1 N–H and O–H groups in total. The van der Waals surface area contributed by atoms with Crippen LogP contribution in [0.1, 0.15) is 6.42 Å². The Balaban J connectivity index is 2.41. The average molecular weight is 148 g/mol. The largest absolute Gasteiger partial charge is 0.396 e. The molecule has 0 amide bonds. The van der Waals surface area contributed by atoms with Crippen molar-refractivity contribution in [3.05, 3.63) is 0 Å². The molecule has 0 atom stereocenters. The van der Waals surface area contributed by atoms with Crippen molar-refractivity contribution in [1.29, 1.82) is 0 Å². The first kappa shape index (κ1) is 7.94. The van der Waals surface area contributed by atoms with Crippen LogP contribution >= 0.6 is 0 Å². The van der Waals surface area contributed by atoms with Crippen molar-refractivity contribution >= 4 is 0 Å². The monoisotopic (exact) mass is 148 g/mol. The quantitative estimate of drug-likeness (QED) is 0.597. The highest BCUT2D eigenvalue weighted by Gasteiger charge is 2.35. The zero-order valence-corrected chi connectivity index (χ0v) is 6.00. The molecule has 0 saturated carbocycles. The summed E-state index contributed by atoms with van der Waals surface area (Å²) in [5.74, 6) is -0.964. The Morgan fingerprint density at radius 1 is 1.50 bits per heavy atom. The number of hydrogen-bond donors (Lipinski definition) is 1. The fraction of sp³-hybridized carbons (Fsp3) is 1.00. The van der Waals surface area contributed by atoms with Crippen molar-refractivity contribution in [3.8, 4) is 0 Å². The fourth-order valence-corrected chi connectivity index (χ4v) is 0.937. The molecule has 1 heterocycles.